The smallest absolute Gasteiger partial charge is 0.167 e. The van der Waals surface area contributed by atoms with Crippen molar-refractivity contribution in [3.63, 3.8) is 0 Å². The zero-order valence-electron chi connectivity index (χ0n) is 7.47. The maximum atomic E-state index is 5.65. The average Bonchev–Trinajstić information content (AvgIpc) is 2.26. The lowest BCUT2D eigenvalue weighted by atomic mass is 10.1. The highest BCUT2D eigenvalue weighted by Gasteiger charge is 2.16. The molecule has 1 aliphatic heterocycles. The van der Waals surface area contributed by atoms with Crippen molar-refractivity contribution in [1.82, 2.24) is 9.97 Å². The Morgan fingerprint density at radius 1 is 1.14 bits per heavy atom. The Morgan fingerprint density at radius 2 is 2.07 bits per heavy atom. The molecule has 68 valence electrons. The Kier molecular flexibility index (Phi) is 1.50. The lowest BCUT2D eigenvalue weighted by Crippen LogP contribution is -2.04. The standard InChI is InChI=1S/C11H8N2O/c1-2-4-10-8(3-1)5-9-11(14-10)6-12-7-13-9/h1-4,6-7H,5H2. The van der Waals surface area contributed by atoms with Gasteiger partial charge in [0.05, 0.1) is 11.9 Å². The molecule has 2 heterocycles. The van der Waals surface area contributed by atoms with E-state index in [1.54, 1.807) is 12.5 Å². The Hall–Kier alpha value is -1.90. The molecule has 0 radical (unpaired) electrons. The highest BCUT2D eigenvalue weighted by Crippen LogP contribution is 2.33. The van der Waals surface area contributed by atoms with Crippen LogP contribution in [0.1, 0.15) is 11.3 Å². The molecule has 3 rings (SSSR count). The lowest BCUT2D eigenvalue weighted by molar-refractivity contribution is 0.452. The predicted octanol–water partition coefficient (Wildman–Crippen LogP) is 2.17. The first-order valence-electron chi connectivity index (χ1n) is 4.48. The van der Waals surface area contributed by atoms with Crippen LogP contribution in [0.4, 0.5) is 0 Å². The van der Waals surface area contributed by atoms with Gasteiger partial charge in [-0.15, -0.1) is 0 Å². The van der Waals surface area contributed by atoms with E-state index in [1.165, 1.54) is 5.56 Å². The zero-order valence-corrected chi connectivity index (χ0v) is 7.47. The van der Waals surface area contributed by atoms with E-state index in [2.05, 4.69) is 16.0 Å². The van der Waals surface area contributed by atoms with Gasteiger partial charge in [0.1, 0.15) is 12.1 Å². The average molecular weight is 184 g/mol. The van der Waals surface area contributed by atoms with Crippen molar-refractivity contribution in [1.29, 1.82) is 0 Å². The lowest BCUT2D eigenvalue weighted by Gasteiger charge is -2.17. The highest BCUT2D eigenvalue weighted by molar-refractivity contribution is 5.45. The zero-order chi connectivity index (χ0) is 9.38. The molecule has 0 amide bonds. The van der Waals surface area contributed by atoms with Crippen molar-refractivity contribution in [2.75, 3.05) is 0 Å². The van der Waals surface area contributed by atoms with E-state index in [4.69, 9.17) is 4.74 Å². The molecule has 0 aliphatic carbocycles. The first kappa shape index (κ1) is 7.50. The third-order valence-electron chi connectivity index (χ3n) is 2.31. The second kappa shape index (κ2) is 2.80. The third-order valence-corrected chi connectivity index (χ3v) is 2.31. The molecule has 0 bridgehead atoms. The van der Waals surface area contributed by atoms with Crippen LogP contribution in [0, 0.1) is 0 Å². The molecule has 0 saturated carbocycles. The summed E-state index contributed by atoms with van der Waals surface area (Å²) in [5, 5.41) is 0. The number of rotatable bonds is 0. The van der Waals surface area contributed by atoms with E-state index in [-0.39, 0.29) is 0 Å². The van der Waals surface area contributed by atoms with E-state index < -0.39 is 0 Å². The van der Waals surface area contributed by atoms with Crippen molar-refractivity contribution in [2.24, 2.45) is 0 Å². The van der Waals surface area contributed by atoms with Crippen LogP contribution in [0.3, 0.4) is 0 Å². The number of para-hydroxylation sites is 1. The van der Waals surface area contributed by atoms with Crippen LogP contribution in [0.5, 0.6) is 11.5 Å². The molecule has 0 saturated heterocycles. The number of benzene rings is 1. The molecule has 0 N–H and O–H groups in total. The number of hydrogen-bond donors (Lipinski definition) is 0. The Balaban J connectivity index is 2.12. The number of hydrogen-bond acceptors (Lipinski definition) is 3. The fourth-order valence-corrected chi connectivity index (χ4v) is 1.61. The normalized spacial score (nSPS) is 12.6. The maximum absolute atomic E-state index is 5.65. The molecule has 14 heavy (non-hydrogen) atoms. The fourth-order valence-electron chi connectivity index (χ4n) is 1.61. The molecule has 0 unspecified atom stereocenters. The molecule has 1 aromatic carbocycles. The predicted molar refractivity (Wildman–Crippen MR) is 51.4 cm³/mol. The fraction of sp³-hybridized carbons (Fsp3) is 0.0909. The summed E-state index contributed by atoms with van der Waals surface area (Å²) in [6.07, 6.45) is 4.09. The Morgan fingerprint density at radius 3 is 3.07 bits per heavy atom. The molecular weight excluding hydrogens is 176 g/mol. The van der Waals surface area contributed by atoms with Gasteiger partial charge in [0.15, 0.2) is 5.75 Å². The van der Waals surface area contributed by atoms with E-state index in [0.717, 1.165) is 23.6 Å². The first-order chi connectivity index (χ1) is 6.93. The van der Waals surface area contributed by atoms with Gasteiger partial charge < -0.3 is 4.74 Å². The van der Waals surface area contributed by atoms with Crippen LogP contribution in [-0.2, 0) is 6.42 Å². The van der Waals surface area contributed by atoms with Crippen molar-refractivity contribution in [3.8, 4) is 11.5 Å². The summed E-state index contributed by atoms with van der Waals surface area (Å²) in [7, 11) is 0. The molecular formula is C11H8N2O. The van der Waals surface area contributed by atoms with Crippen LogP contribution in [0.15, 0.2) is 36.8 Å². The minimum absolute atomic E-state index is 0.770. The Bertz CT molecular complexity index is 395. The molecule has 0 atom stereocenters. The van der Waals surface area contributed by atoms with Crippen LogP contribution in [-0.4, -0.2) is 9.97 Å². The number of nitrogens with zero attached hydrogens (tertiary/aromatic N) is 2. The van der Waals surface area contributed by atoms with E-state index >= 15 is 0 Å². The van der Waals surface area contributed by atoms with Crippen molar-refractivity contribution >= 4 is 0 Å². The maximum Gasteiger partial charge on any atom is 0.167 e. The molecule has 0 spiro atoms. The molecule has 1 aromatic heterocycles. The summed E-state index contributed by atoms with van der Waals surface area (Å²) in [4.78, 5) is 8.12. The number of ether oxygens (including phenoxy) is 1. The van der Waals surface area contributed by atoms with Gasteiger partial charge in [0, 0.05) is 12.0 Å². The van der Waals surface area contributed by atoms with Gasteiger partial charge in [0.25, 0.3) is 0 Å². The molecule has 1 aliphatic rings. The monoisotopic (exact) mass is 184 g/mol. The highest BCUT2D eigenvalue weighted by atomic mass is 16.5. The van der Waals surface area contributed by atoms with Crippen molar-refractivity contribution < 1.29 is 4.74 Å². The third kappa shape index (κ3) is 1.06. The topological polar surface area (TPSA) is 35.0 Å². The minimum Gasteiger partial charge on any atom is -0.454 e. The molecule has 0 fully saturated rings. The summed E-state index contributed by atoms with van der Waals surface area (Å²) >= 11 is 0. The summed E-state index contributed by atoms with van der Waals surface area (Å²) in [5.74, 6) is 1.68. The van der Waals surface area contributed by atoms with Gasteiger partial charge in [0.2, 0.25) is 0 Å². The quantitative estimate of drug-likeness (QED) is 0.537. The van der Waals surface area contributed by atoms with Gasteiger partial charge >= 0.3 is 0 Å². The van der Waals surface area contributed by atoms with Gasteiger partial charge in [-0.25, -0.2) is 9.97 Å². The van der Waals surface area contributed by atoms with Crippen LogP contribution < -0.4 is 4.74 Å². The largest absolute Gasteiger partial charge is 0.454 e. The second-order valence-corrected chi connectivity index (χ2v) is 3.22. The number of aromatic nitrogens is 2. The minimum atomic E-state index is 0.770. The molecule has 2 aromatic rings. The summed E-state index contributed by atoms with van der Waals surface area (Å²) in [5.41, 5.74) is 2.14. The summed E-state index contributed by atoms with van der Waals surface area (Å²) < 4.78 is 5.65. The van der Waals surface area contributed by atoms with E-state index in [1.807, 2.05) is 18.2 Å². The van der Waals surface area contributed by atoms with Gasteiger partial charge in [-0.2, -0.15) is 0 Å². The van der Waals surface area contributed by atoms with E-state index in [9.17, 15) is 0 Å². The van der Waals surface area contributed by atoms with Crippen LogP contribution in [0.25, 0.3) is 0 Å². The number of fused-ring (bicyclic) bond motifs is 2. The van der Waals surface area contributed by atoms with E-state index in [0.29, 0.717) is 0 Å². The summed E-state index contributed by atoms with van der Waals surface area (Å²) in [6.45, 7) is 0. The van der Waals surface area contributed by atoms with Crippen molar-refractivity contribution in [3.05, 3.63) is 48.0 Å². The van der Waals surface area contributed by atoms with Gasteiger partial charge in [-0.3, -0.25) is 0 Å². The molecule has 3 heteroatoms. The SMILES string of the molecule is c1ccc2c(c1)Cc1ncncc1O2. The van der Waals surface area contributed by atoms with Crippen LogP contribution >= 0.6 is 0 Å². The van der Waals surface area contributed by atoms with Gasteiger partial charge in [-0.05, 0) is 6.07 Å². The van der Waals surface area contributed by atoms with Crippen molar-refractivity contribution in [2.45, 2.75) is 6.42 Å². The Labute approximate surface area is 81.4 Å². The summed E-state index contributed by atoms with van der Waals surface area (Å²) in [6, 6.07) is 7.99. The molecule has 3 nitrogen and oxygen atoms in total. The van der Waals surface area contributed by atoms with Gasteiger partial charge in [-0.1, -0.05) is 18.2 Å². The first-order valence-corrected chi connectivity index (χ1v) is 4.48. The van der Waals surface area contributed by atoms with Crippen LogP contribution in [0.2, 0.25) is 0 Å². The second-order valence-electron chi connectivity index (χ2n) is 3.22.